The number of anilines is 1. The molecule has 0 radical (unpaired) electrons. The van der Waals surface area contributed by atoms with Crippen LogP contribution in [0.15, 0.2) is 24.5 Å². The van der Waals surface area contributed by atoms with E-state index in [0.29, 0.717) is 11.5 Å². The van der Waals surface area contributed by atoms with E-state index in [4.69, 9.17) is 0 Å². The van der Waals surface area contributed by atoms with E-state index in [-0.39, 0.29) is 24.3 Å². The third-order valence-corrected chi connectivity index (χ3v) is 3.45. The van der Waals surface area contributed by atoms with Crippen molar-refractivity contribution >= 4 is 11.7 Å². The van der Waals surface area contributed by atoms with E-state index >= 15 is 0 Å². The average molecular weight is 274 g/mol. The number of amides is 1. The molecule has 2 aromatic rings. The molecule has 0 bridgehead atoms. The minimum absolute atomic E-state index is 0.117. The molecule has 0 saturated carbocycles. The van der Waals surface area contributed by atoms with E-state index in [2.05, 4.69) is 15.4 Å². The first-order chi connectivity index (χ1) is 9.58. The Hall–Kier alpha value is -2.24. The Labute approximate surface area is 115 Å². The topological polar surface area (TPSA) is 59.8 Å². The van der Waals surface area contributed by atoms with Crippen LogP contribution in [-0.2, 0) is 4.79 Å². The molecule has 0 aliphatic carbocycles. The first-order valence-electron chi connectivity index (χ1n) is 6.55. The van der Waals surface area contributed by atoms with Crippen LogP contribution >= 0.6 is 0 Å². The summed E-state index contributed by atoms with van der Waals surface area (Å²) in [4.78, 5) is 16.0. The number of rotatable bonds is 2. The van der Waals surface area contributed by atoms with Gasteiger partial charge in [0, 0.05) is 30.1 Å². The summed E-state index contributed by atoms with van der Waals surface area (Å²) in [5.74, 6) is -0.274. The molecule has 2 aromatic heterocycles. The highest BCUT2D eigenvalue weighted by molar-refractivity contribution is 5.94. The van der Waals surface area contributed by atoms with Gasteiger partial charge in [-0.3, -0.25) is 9.78 Å². The van der Waals surface area contributed by atoms with Crippen molar-refractivity contribution in [2.45, 2.75) is 32.2 Å². The Bertz CT molecular complexity index is 665. The zero-order valence-electron chi connectivity index (χ0n) is 11.3. The summed E-state index contributed by atoms with van der Waals surface area (Å²) in [5.41, 5.74) is 1.11. The van der Waals surface area contributed by atoms with Crippen LogP contribution in [0.25, 0.3) is 0 Å². The van der Waals surface area contributed by atoms with Gasteiger partial charge in [-0.15, -0.1) is 0 Å². The molecular weight excluding hydrogens is 259 g/mol. The van der Waals surface area contributed by atoms with Crippen molar-refractivity contribution in [1.29, 1.82) is 0 Å². The first kappa shape index (κ1) is 12.8. The lowest BCUT2D eigenvalue weighted by Crippen LogP contribution is -2.26. The van der Waals surface area contributed by atoms with Gasteiger partial charge in [-0.25, -0.2) is 9.07 Å². The number of nitrogens with one attached hydrogen (secondary N) is 1. The average Bonchev–Trinajstić information content (AvgIpc) is 2.82. The second-order valence-corrected chi connectivity index (χ2v) is 5.16. The van der Waals surface area contributed by atoms with E-state index in [9.17, 15) is 9.18 Å². The predicted molar refractivity (Wildman–Crippen MR) is 71.9 cm³/mol. The molecule has 1 aliphatic rings. The molecule has 1 atom stereocenters. The Morgan fingerprint density at radius 1 is 1.50 bits per heavy atom. The molecule has 1 aliphatic heterocycles. The maximum atomic E-state index is 13.9. The van der Waals surface area contributed by atoms with E-state index in [1.165, 1.54) is 12.3 Å². The van der Waals surface area contributed by atoms with Crippen LogP contribution in [0, 0.1) is 5.82 Å². The summed E-state index contributed by atoms with van der Waals surface area (Å²) < 4.78 is 15.7. The molecular formula is C14H15FN4O. The summed E-state index contributed by atoms with van der Waals surface area (Å²) in [6.07, 6.45) is 3.41. The zero-order chi connectivity index (χ0) is 14.3. The Balaban J connectivity index is 2.12. The smallest absolute Gasteiger partial charge is 0.226 e. The molecule has 0 spiro atoms. The third-order valence-electron chi connectivity index (χ3n) is 3.45. The van der Waals surface area contributed by atoms with Crippen molar-refractivity contribution < 1.29 is 9.18 Å². The highest BCUT2D eigenvalue weighted by Crippen LogP contribution is 2.37. The van der Waals surface area contributed by atoms with Crippen molar-refractivity contribution in [2.24, 2.45) is 0 Å². The molecule has 1 amide bonds. The lowest BCUT2D eigenvalue weighted by atomic mass is 9.90. The van der Waals surface area contributed by atoms with Gasteiger partial charge in [-0.05, 0) is 26.0 Å². The molecule has 0 saturated heterocycles. The molecule has 20 heavy (non-hydrogen) atoms. The fraction of sp³-hybridized carbons (Fsp3) is 0.357. The number of nitrogens with zero attached hydrogens (tertiary/aromatic N) is 3. The molecule has 6 heteroatoms. The van der Waals surface area contributed by atoms with Gasteiger partial charge >= 0.3 is 0 Å². The van der Waals surface area contributed by atoms with Crippen LogP contribution in [0.4, 0.5) is 10.2 Å². The number of carbonyl (C=O) groups is 1. The Morgan fingerprint density at radius 3 is 3.00 bits per heavy atom. The molecule has 5 nitrogen and oxygen atoms in total. The van der Waals surface area contributed by atoms with Crippen LogP contribution in [0.3, 0.4) is 0 Å². The quantitative estimate of drug-likeness (QED) is 0.915. The number of fused-ring (bicyclic) bond motifs is 1. The minimum atomic E-state index is -0.393. The fourth-order valence-corrected chi connectivity index (χ4v) is 2.53. The number of hydrogen-bond donors (Lipinski definition) is 1. The van der Waals surface area contributed by atoms with Crippen LogP contribution in [0.2, 0.25) is 0 Å². The number of aromatic nitrogens is 3. The summed E-state index contributed by atoms with van der Waals surface area (Å²) in [7, 11) is 0. The first-order valence-corrected chi connectivity index (χ1v) is 6.55. The second-order valence-electron chi connectivity index (χ2n) is 5.16. The molecule has 3 heterocycles. The Kier molecular flexibility index (Phi) is 3.00. The number of pyridine rings is 1. The SMILES string of the molecule is CC(C)n1ncc2c1NC(=O)CC2c1ncccc1F. The van der Waals surface area contributed by atoms with Crippen LogP contribution in [0.5, 0.6) is 0 Å². The minimum Gasteiger partial charge on any atom is -0.311 e. The largest absolute Gasteiger partial charge is 0.311 e. The summed E-state index contributed by atoms with van der Waals surface area (Å²) >= 11 is 0. The molecule has 3 rings (SSSR count). The second kappa shape index (κ2) is 4.70. The highest BCUT2D eigenvalue weighted by Gasteiger charge is 2.32. The van der Waals surface area contributed by atoms with E-state index in [0.717, 1.165) is 5.56 Å². The van der Waals surface area contributed by atoms with E-state index in [1.54, 1.807) is 16.9 Å². The van der Waals surface area contributed by atoms with Crippen molar-refractivity contribution in [1.82, 2.24) is 14.8 Å². The van der Waals surface area contributed by atoms with E-state index < -0.39 is 5.82 Å². The van der Waals surface area contributed by atoms with Gasteiger partial charge in [0.2, 0.25) is 5.91 Å². The summed E-state index contributed by atoms with van der Waals surface area (Å²) in [6.45, 7) is 3.95. The van der Waals surface area contributed by atoms with Crippen LogP contribution in [0.1, 0.15) is 43.5 Å². The van der Waals surface area contributed by atoms with E-state index in [1.807, 2.05) is 13.8 Å². The number of carbonyl (C=O) groups excluding carboxylic acids is 1. The standard InChI is InChI=1S/C14H15FN4O/c1-8(2)19-14-10(7-17-19)9(6-12(20)18-14)13-11(15)4-3-5-16-13/h3-5,7-9H,6H2,1-2H3,(H,18,20). The van der Waals surface area contributed by atoms with Crippen molar-refractivity contribution in [3.8, 4) is 0 Å². The normalized spacial score (nSPS) is 18.0. The van der Waals surface area contributed by atoms with Crippen LogP contribution in [-0.4, -0.2) is 20.7 Å². The molecule has 104 valence electrons. The van der Waals surface area contributed by atoms with Gasteiger partial charge in [0.15, 0.2) is 0 Å². The molecule has 1 unspecified atom stereocenters. The summed E-state index contributed by atoms with van der Waals surface area (Å²) in [5, 5.41) is 7.11. The monoisotopic (exact) mass is 274 g/mol. The summed E-state index contributed by atoms with van der Waals surface area (Å²) in [6, 6.07) is 3.02. The maximum Gasteiger partial charge on any atom is 0.226 e. The molecule has 1 N–H and O–H groups in total. The van der Waals surface area contributed by atoms with Gasteiger partial charge in [-0.1, -0.05) is 0 Å². The number of halogens is 1. The molecule has 0 aromatic carbocycles. The maximum absolute atomic E-state index is 13.9. The van der Waals surface area contributed by atoms with Crippen LogP contribution < -0.4 is 5.32 Å². The van der Waals surface area contributed by atoms with Gasteiger partial charge < -0.3 is 5.32 Å². The Morgan fingerprint density at radius 2 is 2.30 bits per heavy atom. The van der Waals surface area contributed by atoms with Crippen molar-refractivity contribution in [3.05, 3.63) is 41.6 Å². The predicted octanol–water partition coefficient (Wildman–Crippen LogP) is 2.47. The lowest BCUT2D eigenvalue weighted by Gasteiger charge is -2.24. The van der Waals surface area contributed by atoms with Crippen molar-refractivity contribution in [2.75, 3.05) is 5.32 Å². The number of hydrogen-bond acceptors (Lipinski definition) is 3. The van der Waals surface area contributed by atoms with Gasteiger partial charge in [0.05, 0.1) is 11.9 Å². The van der Waals surface area contributed by atoms with Crippen molar-refractivity contribution in [3.63, 3.8) is 0 Å². The zero-order valence-corrected chi connectivity index (χ0v) is 11.3. The van der Waals surface area contributed by atoms with Gasteiger partial charge in [0.25, 0.3) is 0 Å². The third kappa shape index (κ3) is 1.97. The lowest BCUT2D eigenvalue weighted by molar-refractivity contribution is -0.116. The van der Waals surface area contributed by atoms with Gasteiger partial charge in [0.1, 0.15) is 11.6 Å². The highest BCUT2D eigenvalue weighted by atomic mass is 19.1. The fourth-order valence-electron chi connectivity index (χ4n) is 2.53. The molecule has 0 fully saturated rings. The van der Waals surface area contributed by atoms with Gasteiger partial charge in [-0.2, -0.15) is 5.10 Å².